The van der Waals surface area contributed by atoms with E-state index < -0.39 is 0 Å². The van der Waals surface area contributed by atoms with Crippen LogP contribution in [0.4, 0.5) is 5.69 Å². The van der Waals surface area contributed by atoms with Gasteiger partial charge < -0.3 is 15.4 Å². The minimum absolute atomic E-state index is 0.0129. The van der Waals surface area contributed by atoms with E-state index in [1.807, 2.05) is 49.4 Å². The van der Waals surface area contributed by atoms with E-state index in [4.69, 9.17) is 4.74 Å². The Morgan fingerprint density at radius 2 is 2.08 bits per heavy atom. The van der Waals surface area contributed by atoms with Crippen LogP contribution in [0.3, 0.4) is 0 Å². The molecule has 0 spiro atoms. The lowest BCUT2D eigenvalue weighted by Crippen LogP contribution is -2.28. The molecule has 0 saturated carbocycles. The number of benzene rings is 2. The molecule has 0 aromatic heterocycles. The number of fused-ring (bicyclic) bond motifs is 1. The maximum Gasteiger partial charge on any atom is 0.262 e. The number of carbonyl (C=O) groups is 2. The number of hydrogen-bond acceptors (Lipinski definition) is 3. The molecule has 2 amide bonds. The topological polar surface area (TPSA) is 67.4 Å². The van der Waals surface area contributed by atoms with Crippen molar-refractivity contribution in [3.63, 3.8) is 0 Å². The third-order valence-electron chi connectivity index (χ3n) is 4.02. The van der Waals surface area contributed by atoms with Gasteiger partial charge in [-0.1, -0.05) is 30.3 Å². The Labute approximate surface area is 141 Å². The van der Waals surface area contributed by atoms with Gasteiger partial charge in [0.1, 0.15) is 5.75 Å². The number of rotatable bonds is 5. The lowest BCUT2D eigenvalue weighted by molar-refractivity contribution is -0.120. The minimum Gasteiger partial charge on any atom is -0.482 e. The van der Waals surface area contributed by atoms with Crippen molar-refractivity contribution in [3.05, 3.63) is 59.2 Å². The van der Waals surface area contributed by atoms with Crippen LogP contribution in [0.5, 0.6) is 5.75 Å². The molecule has 1 aliphatic rings. The van der Waals surface area contributed by atoms with Crippen LogP contribution in [0.2, 0.25) is 0 Å². The molecule has 1 aliphatic heterocycles. The summed E-state index contributed by atoms with van der Waals surface area (Å²) in [6, 6.07) is 13.6. The summed E-state index contributed by atoms with van der Waals surface area (Å²) in [5.41, 5.74) is 3.90. The Morgan fingerprint density at radius 3 is 2.92 bits per heavy atom. The monoisotopic (exact) mass is 324 g/mol. The van der Waals surface area contributed by atoms with E-state index in [1.165, 1.54) is 0 Å². The highest BCUT2D eigenvalue weighted by Gasteiger charge is 2.15. The molecule has 1 heterocycles. The zero-order valence-electron chi connectivity index (χ0n) is 13.6. The molecule has 124 valence electrons. The number of amides is 2. The molecule has 2 aromatic carbocycles. The third-order valence-corrected chi connectivity index (χ3v) is 4.02. The molecule has 0 radical (unpaired) electrons. The van der Waals surface area contributed by atoms with Crippen molar-refractivity contribution in [1.29, 1.82) is 0 Å². The summed E-state index contributed by atoms with van der Waals surface area (Å²) in [6.07, 6.45) is 1.09. The maximum absolute atomic E-state index is 12.0. The fraction of sp³-hybridized carbons (Fsp3) is 0.263. The van der Waals surface area contributed by atoms with E-state index in [0.29, 0.717) is 30.8 Å². The molecule has 3 rings (SSSR count). The van der Waals surface area contributed by atoms with Crippen LogP contribution in [0.15, 0.2) is 42.5 Å². The molecule has 0 bridgehead atoms. The van der Waals surface area contributed by atoms with Gasteiger partial charge in [0, 0.05) is 6.54 Å². The van der Waals surface area contributed by atoms with Gasteiger partial charge in [-0.3, -0.25) is 9.59 Å². The first-order valence-corrected chi connectivity index (χ1v) is 7.98. The zero-order chi connectivity index (χ0) is 16.9. The molecule has 0 atom stereocenters. The SMILES string of the molecule is Cc1ccccc1CC(=O)NCCc1ccc2c(c1)NC(=O)CO2. The molecule has 0 unspecified atom stereocenters. The smallest absolute Gasteiger partial charge is 0.262 e. The summed E-state index contributed by atoms with van der Waals surface area (Å²) in [7, 11) is 0. The normalized spacial score (nSPS) is 12.8. The molecule has 2 N–H and O–H groups in total. The number of anilines is 1. The molecule has 0 aliphatic carbocycles. The average Bonchev–Trinajstić information content (AvgIpc) is 2.56. The molecule has 5 nitrogen and oxygen atoms in total. The summed E-state index contributed by atoms with van der Waals surface area (Å²) < 4.78 is 5.33. The van der Waals surface area contributed by atoms with Crippen molar-refractivity contribution in [2.24, 2.45) is 0 Å². The second-order valence-corrected chi connectivity index (χ2v) is 5.87. The Balaban J connectivity index is 1.51. The van der Waals surface area contributed by atoms with Crippen LogP contribution in [0, 0.1) is 6.92 Å². The number of ether oxygens (including phenoxy) is 1. The fourth-order valence-corrected chi connectivity index (χ4v) is 2.68. The summed E-state index contributed by atoms with van der Waals surface area (Å²) in [6.45, 7) is 2.62. The number of carbonyl (C=O) groups excluding carboxylic acids is 2. The van der Waals surface area contributed by atoms with Crippen molar-refractivity contribution >= 4 is 17.5 Å². The molecular formula is C19H20N2O3. The molecule has 5 heteroatoms. The van der Waals surface area contributed by atoms with Crippen molar-refractivity contribution in [3.8, 4) is 5.75 Å². The first kappa shape index (κ1) is 16.1. The predicted octanol–water partition coefficient (Wildman–Crippen LogP) is 2.23. The van der Waals surface area contributed by atoms with Crippen LogP contribution in [0.25, 0.3) is 0 Å². The zero-order valence-corrected chi connectivity index (χ0v) is 13.6. The van der Waals surface area contributed by atoms with E-state index in [0.717, 1.165) is 16.7 Å². The Bertz CT molecular complexity index is 771. The lowest BCUT2D eigenvalue weighted by Gasteiger charge is -2.18. The number of hydrogen-bond donors (Lipinski definition) is 2. The van der Waals surface area contributed by atoms with Crippen molar-refractivity contribution in [2.45, 2.75) is 19.8 Å². The van der Waals surface area contributed by atoms with E-state index in [-0.39, 0.29) is 18.4 Å². The van der Waals surface area contributed by atoms with Gasteiger partial charge in [0.2, 0.25) is 5.91 Å². The van der Waals surface area contributed by atoms with Crippen LogP contribution in [0.1, 0.15) is 16.7 Å². The van der Waals surface area contributed by atoms with Gasteiger partial charge in [-0.25, -0.2) is 0 Å². The molecule has 0 saturated heterocycles. The van der Waals surface area contributed by atoms with Crippen LogP contribution >= 0.6 is 0 Å². The second kappa shape index (κ2) is 7.17. The van der Waals surface area contributed by atoms with Crippen molar-refractivity contribution < 1.29 is 14.3 Å². The van der Waals surface area contributed by atoms with Gasteiger partial charge >= 0.3 is 0 Å². The summed E-state index contributed by atoms with van der Waals surface area (Å²) in [5, 5.41) is 5.73. The predicted molar refractivity (Wildman–Crippen MR) is 92.2 cm³/mol. The summed E-state index contributed by atoms with van der Waals surface area (Å²) in [4.78, 5) is 23.4. The highest BCUT2D eigenvalue weighted by atomic mass is 16.5. The van der Waals surface area contributed by atoms with Gasteiger partial charge in [-0.15, -0.1) is 0 Å². The number of aryl methyl sites for hydroxylation is 1. The van der Waals surface area contributed by atoms with E-state index in [1.54, 1.807) is 0 Å². The highest BCUT2D eigenvalue weighted by Crippen LogP contribution is 2.28. The Hall–Kier alpha value is -2.82. The van der Waals surface area contributed by atoms with E-state index >= 15 is 0 Å². The third kappa shape index (κ3) is 3.93. The lowest BCUT2D eigenvalue weighted by atomic mass is 10.1. The van der Waals surface area contributed by atoms with Crippen LogP contribution in [-0.4, -0.2) is 25.0 Å². The van der Waals surface area contributed by atoms with Gasteiger partial charge in [0.05, 0.1) is 12.1 Å². The van der Waals surface area contributed by atoms with Crippen LogP contribution < -0.4 is 15.4 Å². The molecular weight excluding hydrogens is 304 g/mol. The second-order valence-electron chi connectivity index (χ2n) is 5.87. The first-order valence-electron chi connectivity index (χ1n) is 7.98. The summed E-state index contributed by atoms with van der Waals surface area (Å²) >= 11 is 0. The van der Waals surface area contributed by atoms with E-state index in [9.17, 15) is 9.59 Å². The molecule has 2 aromatic rings. The fourth-order valence-electron chi connectivity index (χ4n) is 2.68. The Kier molecular flexibility index (Phi) is 4.79. The summed E-state index contributed by atoms with van der Waals surface area (Å²) in [5.74, 6) is 0.548. The maximum atomic E-state index is 12.0. The average molecular weight is 324 g/mol. The highest BCUT2D eigenvalue weighted by molar-refractivity contribution is 5.95. The molecule has 0 fully saturated rings. The van der Waals surface area contributed by atoms with Crippen molar-refractivity contribution in [2.75, 3.05) is 18.5 Å². The van der Waals surface area contributed by atoms with Crippen LogP contribution in [-0.2, 0) is 22.4 Å². The van der Waals surface area contributed by atoms with Gasteiger partial charge in [-0.05, 0) is 42.2 Å². The van der Waals surface area contributed by atoms with Gasteiger partial charge in [-0.2, -0.15) is 0 Å². The first-order chi connectivity index (χ1) is 11.6. The quantitative estimate of drug-likeness (QED) is 0.886. The largest absolute Gasteiger partial charge is 0.482 e. The van der Waals surface area contributed by atoms with Crippen molar-refractivity contribution in [1.82, 2.24) is 5.32 Å². The van der Waals surface area contributed by atoms with E-state index in [2.05, 4.69) is 10.6 Å². The number of nitrogens with one attached hydrogen (secondary N) is 2. The van der Waals surface area contributed by atoms with Gasteiger partial charge in [0.15, 0.2) is 6.61 Å². The molecule has 24 heavy (non-hydrogen) atoms. The Morgan fingerprint density at radius 1 is 1.25 bits per heavy atom. The standard InChI is InChI=1S/C19H20N2O3/c1-13-4-2-3-5-15(13)11-18(22)20-9-8-14-6-7-17-16(10-14)21-19(23)12-24-17/h2-7,10H,8-9,11-12H2,1H3,(H,20,22)(H,21,23). The van der Waals surface area contributed by atoms with Gasteiger partial charge in [0.25, 0.3) is 5.91 Å². The minimum atomic E-state index is -0.147.